The summed E-state index contributed by atoms with van der Waals surface area (Å²) >= 11 is 3.21. The van der Waals surface area contributed by atoms with Crippen LogP contribution in [0.3, 0.4) is 0 Å². The zero-order valence-corrected chi connectivity index (χ0v) is 9.27. The highest BCUT2D eigenvalue weighted by Gasteiger charge is 2.21. The molecule has 5 nitrogen and oxygen atoms in total. The molecule has 0 atom stereocenters. The van der Waals surface area contributed by atoms with E-state index in [0.29, 0.717) is 23.2 Å². The highest BCUT2D eigenvalue weighted by atomic mass is 79.9. The van der Waals surface area contributed by atoms with Crippen LogP contribution in [0.15, 0.2) is 22.7 Å². The highest BCUT2D eigenvalue weighted by Crippen LogP contribution is 2.29. The van der Waals surface area contributed by atoms with Gasteiger partial charge in [0.1, 0.15) is 0 Å². The van der Waals surface area contributed by atoms with Crippen LogP contribution in [0, 0.1) is 10.1 Å². The van der Waals surface area contributed by atoms with Crippen LogP contribution in [0.25, 0.3) is 0 Å². The largest absolute Gasteiger partial charge is 0.346 e. The van der Waals surface area contributed by atoms with Gasteiger partial charge in [0, 0.05) is 22.2 Å². The average molecular weight is 274 g/mol. The van der Waals surface area contributed by atoms with E-state index in [4.69, 9.17) is 9.47 Å². The predicted octanol–water partition coefficient (Wildman–Crippen LogP) is 2.40. The Morgan fingerprint density at radius 3 is 2.60 bits per heavy atom. The van der Waals surface area contributed by atoms with Gasteiger partial charge in [-0.2, -0.15) is 0 Å². The maximum absolute atomic E-state index is 10.6. The minimum absolute atomic E-state index is 0.0264. The Balaban J connectivity index is 2.34. The number of hydrogen-bond donors (Lipinski definition) is 0. The average Bonchev–Trinajstić information content (AvgIpc) is 2.69. The van der Waals surface area contributed by atoms with Crippen LogP contribution in [0.1, 0.15) is 11.9 Å². The van der Waals surface area contributed by atoms with E-state index in [1.807, 2.05) is 0 Å². The lowest BCUT2D eigenvalue weighted by atomic mass is 10.2. The van der Waals surface area contributed by atoms with Crippen LogP contribution in [0.2, 0.25) is 0 Å². The SMILES string of the molecule is O=[N+]([O-])c1cc(Br)cc(C2OCCO2)c1. The van der Waals surface area contributed by atoms with Gasteiger partial charge < -0.3 is 9.47 Å². The van der Waals surface area contributed by atoms with Crippen molar-refractivity contribution >= 4 is 21.6 Å². The molecule has 2 rings (SSSR count). The fourth-order valence-corrected chi connectivity index (χ4v) is 1.89. The summed E-state index contributed by atoms with van der Waals surface area (Å²) < 4.78 is 11.2. The molecule has 1 aliphatic rings. The van der Waals surface area contributed by atoms with Gasteiger partial charge in [-0.15, -0.1) is 0 Å². The highest BCUT2D eigenvalue weighted by molar-refractivity contribution is 9.10. The number of halogens is 1. The van der Waals surface area contributed by atoms with E-state index in [0.717, 1.165) is 0 Å². The quantitative estimate of drug-likeness (QED) is 0.613. The third-order valence-electron chi connectivity index (χ3n) is 2.01. The minimum atomic E-state index is -0.485. The lowest BCUT2D eigenvalue weighted by Gasteiger charge is -2.09. The zero-order chi connectivity index (χ0) is 10.8. The molecule has 1 aromatic carbocycles. The first-order valence-electron chi connectivity index (χ1n) is 4.35. The van der Waals surface area contributed by atoms with Gasteiger partial charge in [-0.3, -0.25) is 10.1 Å². The molecule has 0 aromatic heterocycles. The van der Waals surface area contributed by atoms with Crippen molar-refractivity contribution in [1.29, 1.82) is 0 Å². The molecule has 1 heterocycles. The zero-order valence-electron chi connectivity index (χ0n) is 7.68. The molecule has 0 bridgehead atoms. The molecule has 0 aliphatic carbocycles. The smallest absolute Gasteiger partial charge is 0.271 e. The molecule has 1 saturated heterocycles. The summed E-state index contributed by atoms with van der Waals surface area (Å²) in [5, 5.41) is 10.6. The Morgan fingerprint density at radius 1 is 1.33 bits per heavy atom. The van der Waals surface area contributed by atoms with Crippen molar-refractivity contribution in [3.8, 4) is 0 Å². The fourth-order valence-electron chi connectivity index (χ4n) is 1.39. The molecular formula is C9H8BrNO4. The van der Waals surface area contributed by atoms with Crippen molar-refractivity contribution in [2.24, 2.45) is 0 Å². The molecule has 0 saturated carbocycles. The third-order valence-corrected chi connectivity index (χ3v) is 2.47. The molecule has 0 N–H and O–H groups in total. The lowest BCUT2D eigenvalue weighted by molar-refractivity contribution is -0.385. The number of non-ortho nitro benzene ring substituents is 1. The van der Waals surface area contributed by atoms with E-state index in [1.165, 1.54) is 12.1 Å². The van der Waals surface area contributed by atoms with E-state index in [-0.39, 0.29) is 5.69 Å². The van der Waals surface area contributed by atoms with Crippen molar-refractivity contribution in [2.45, 2.75) is 6.29 Å². The van der Waals surface area contributed by atoms with Crippen LogP contribution < -0.4 is 0 Å². The number of ether oxygens (including phenoxy) is 2. The second-order valence-corrected chi connectivity index (χ2v) is 3.99. The Bertz CT molecular complexity index is 390. The summed E-state index contributed by atoms with van der Waals surface area (Å²) in [5.74, 6) is 0. The summed E-state index contributed by atoms with van der Waals surface area (Å²) in [5.41, 5.74) is 0.687. The lowest BCUT2D eigenvalue weighted by Crippen LogP contribution is -1.99. The molecule has 0 amide bonds. The first kappa shape index (κ1) is 10.5. The minimum Gasteiger partial charge on any atom is -0.346 e. The number of hydrogen-bond acceptors (Lipinski definition) is 4. The van der Waals surface area contributed by atoms with Crippen LogP contribution >= 0.6 is 15.9 Å². The number of nitro benzene ring substituents is 1. The number of nitro groups is 1. The summed E-state index contributed by atoms with van der Waals surface area (Å²) in [6.45, 7) is 1.04. The summed E-state index contributed by atoms with van der Waals surface area (Å²) in [7, 11) is 0. The first-order valence-corrected chi connectivity index (χ1v) is 5.14. The van der Waals surface area contributed by atoms with Crippen molar-refractivity contribution in [3.63, 3.8) is 0 Å². The molecule has 0 unspecified atom stereocenters. The van der Waals surface area contributed by atoms with E-state index >= 15 is 0 Å². The molecule has 1 aliphatic heterocycles. The Hall–Kier alpha value is -0.980. The van der Waals surface area contributed by atoms with Gasteiger partial charge in [-0.1, -0.05) is 15.9 Å². The van der Waals surface area contributed by atoms with Crippen LogP contribution in [0.5, 0.6) is 0 Å². The number of rotatable bonds is 2. The molecule has 6 heteroatoms. The van der Waals surface area contributed by atoms with Gasteiger partial charge in [0.05, 0.1) is 18.1 Å². The first-order chi connectivity index (χ1) is 7.16. The predicted molar refractivity (Wildman–Crippen MR) is 55.4 cm³/mol. The molecule has 1 fully saturated rings. The normalized spacial score (nSPS) is 16.9. The van der Waals surface area contributed by atoms with Crippen LogP contribution in [0.4, 0.5) is 5.69 Å². The van der Waals surface area contributed by atoms with Gasteiger partial charge in [0.25, 0.3) is 5.69 Å². The summed E-state index contributed by atoms with van der Waals surface area (Å²) in [6, 6.07) is 4.65. The van der Waals surface area contributed by atoms with Crippen molar-refractivity contribution < 1.29 is 14.4 Å². The number of benzene rings is 1. The third kappa shape index (κ3) is 2.34. The van der Waals surface area contributed by atoms with Crippen molar-refractivity contribution in [3.05, 3.63) is 38.3 Å². The molecule has 15 heavy (non-hydrogen) atoms. The van der Waals surface area contributed by atoms with E-state index in [9.17, 15) is 10.1 Å². The van der Waals surface area contributed by atoms with Crippen molar-refractivity contribution in [2.75, 3.05) is 13.2 Å². The van der Waals surface area contributed by atoms with E-state index in [1.54, 1.807) is 6.07 Å². The second-order valence-electron chi connectivity index (χ2n) is 3.07. The topological polar surface area (TPSA) is 61.6 Å². The standard InChI is InChI=1S/C9H8BrNO4/c10-7-3-6(9-14-1-2-15-9)4-8(5-7)11(12)13/h3-5,9H,1-2H2. The maximum atomic E-state index is 10.6. The van der Waals surface area contributed by atoms with Crippen LogP contribution in [-0.4, -0.2) is 18.1 Å². The van der Waals surface area contributed by atoms with Gasteiger partial charge in [0.2, 0.25) is 0 Å². The van der Waals surface area contributed by atoms with Gasteiger partial charge in [0.15, 0.2) is 6.29 Å². The van der Waals surface area contributed by atoms with Gasteiger partial charge in [-0.05, 0) is 6.07 Å². The molecule has 0 radical (unpaired) electrons. The Morgan fingerprint density at radius 2 is 2.00 bits per heavy atom. The summed E-state index contributed by atoms with van der Waals surface area (Å²) in [4.78, 5) is 10.2. The second kappa shape index (κ2) is 4.26. The molecule has 80 valence electrons. The Kier molecular flexibility index (Phi) is 2.99. The molecule has 1 aromatic rings. The monoisotopic (exact) mass is 273 g/mol. The van der Waals surface area contributed by atoms with Crippen LogP contribution in [-0.2, 0) is 9.47 Å². The molecular weight excluding hydrogens is 266 g/mol. The van der Waals surface area contributed by atoms with Gasteiger partial charge in [-0.25, -0.2) is 0 Å². The summed E-state index contributed by atoms with van der Waals surface area (Å²) in [6.07, 6.45) is -0.485. The Labute approximate surface area is 94.3 Å². The van der Waals surface area contributed by atoms with E-state index < -0.39 is 11.2 Å². The maximum Gasteiger partial charge on any atom is 0.271 e. The van der Waals surface area contributed by atoms with E-state index in [2.05, 4.69) is 15.9 Å². The fraction of sp³-hybridized carbons (Fsp3) is 0.333. The number of nitrogens with zero attached hydrogens (tertiary/aromatic N) is 1. The molecule has 0 spiro atoms. The van der Waals surface area contributed by atoms with Crippen molar-refractivity contribution in [1.82, 2.24) is 0 Å². The van der Waals surface area contributed by atoms with Gasteiger partial charge >= 0.3 is 0 Å².